The fraction of sp³-hybridized carbons (Fsp3) is 0.538. The van der Waals surface area contributed by atoms with Crippen molar-refractivity contribution in [2.24, 2.45) is 5.92 Å². The van der Waals surface area contributed by atoms with E-state index in [0.717, 1.165) is 27.1 Å². The number of rotatable bonds is 2. The minimum absolute atomic E-state index is 0.0746. The second-order valence-electron chi connectivity index (χ2n) is 4.71. The lowest BCUT2D eigenvalue weighted by Gasteiger charge is -2.30. The number of thiophene rings is 1. The number of hydrogen-bond acceptors (Lipinski definition) is 3. The summed E-state index contributed by atoms with van der Waals surface area (Å²) in [4.78, 5) is 26.2. The third-order valence-electron chi connectivity index (χ3n) is 3.41. The first-order valence-corrected chi connectivity index (χ1v) is 7.65. The Labute approximate surface area is 119 Å². The SMILES string of the molecule is CC(=O)N1CCC(C(=O)c2cc(C)c(Br)s2)CC1. The number of hydrogen-bond donors (Lipinski definition) is 0. The van der Waals surface area contributed by atoms with Crippen LogP contribution in [-0.2, 0) is 4.79 Å². The smallest absolute Gasteiger partial charge is 0.219 e. The van der Waals surface area contributed by atoms with E-state index >= 15 is 0 Å². The number of aryl methyl sites for hydroxylation is 1. The summed E-state index contributed by atoms with van der Waals surface area (Å²) < 4.78 is 1.03. The average Bonchev–Trinajstić information content (AvgIpc) is 2.69. The molecule has 0 unspecified atom stereocenters. The first kappa shape index (κ1) is 13.7. The van der Waals surface area contributed by atoms with Crippen molar-refractivity contribution >= 4 is 39.0 Å². The Bertz CT molecular complexity index is 456. The van der Waals surface area contributed by atoms with Crippen molar-refractivity contribution in [1.82, 2.24) is 4.90 Å². The van der Waals surface area contributed by atoms with Crippen LogP contribution in [0.1, 0.15) is 35.0 Å². The zero-order valence-corrected chi connectivity index (χ0v) is 12.9. The lowest BCUT2D eigenvalue weighted by molar-refractivity contribution is -0.130. The van der Waals surface area contributed by atoms with Crippen LogP contribution in [0.5, 0.6) is 0 Å². The predicted octanol–water partition coefficient (Wildman–Crippen LogP) is 3.26. The summed E-state index contributed by atoms with van der Waals surface area (Å²) in [5.41, 5.74) is 1.12. The van der Waals surface area contributed by atoms with Crippen LogP contribution in [0, 0.1) is 12.8 Å². The van der Waals surface area contributed by atoms with Gasteiger partial charge in [-0.15, -0.1) is 11.3 Å². The Morgan fingerprint density at radius 3 is 2.44 bits per heavy atom. The summed E-state index contributed by atoms with van der Waals surface area (Å²) >= 11 is 4.96. The number of piperidine rings is 1. The van der Waals surface area contributed by atoms with Crippen molar-refractivity contribution < 1.29 is 9.59 Å². The molecular formula is C13H16BrNO2S. The summed E-state index contributed by atoms with van der Waals surface area (Å²) in [6.45, 7) is 4.99. The van der Waals surface area contributed by atoms with E-state index in [-0.39, 0.29) is 17.6 Å². The van der Waals surface area contributed by atoms with Crippen LogP contribution in [0.2, 0.25) is 0 Å². The summed E-state index contributed by atoms with van der Waals surface area (Å²) in [5, 5.41) is 0. The number of ketones is 1. The van der Waals surface area contributed by atoms with Crippen molar-refractivity contribution in [3.63, 3.8) is 0 Å². The minimum atomic E-state index is 0.0746. The molecule has 2 rings (SSSR count). The molecule has 18 heavy (non-hydrogen) atoms. The van der Waals surface area contributed by atoms with E-state index < -0.39 is 0 Å². The average molecular weight is 330 g/mol. The molecule has 0 spiro atoms. The molecule has 0 saturated carbocycles. The van der Waals surface area contributed by atoms with Gasteiger partial charge in [-0.1, -0.05) is 0 Å². The van der Waals surface area contributed by atoms with Crippen LogP contribution in [0.15, 0.2) is 9.85 Å². The van der Waals surface area contributed by atoms with Gasteiger partial charge in [-0.2, -0.15) is 0 Å². The highest BCUT2D eigenvalue weighted by molar-refractivity contribution is 9.11. The first-order chi connectivity index (χ1) is 8.49. The van der Waals surface area contributed by atoms with Crippen molar-refractivity contribution in [2.75, 3.05) is 13.1 Å². The van der Waals surface area contributed by atoms with Gasteiger partial charge in [0.25, 0.3) is 0 Å². The van der Waals surface area contributed by atoms with E-state index in [2.05, 4.69) is 15.9 Å². The van der Waals surface area contributed by atoms with E-state index in [1.165, 1.54) is 11.3 Å². The van der Waals surface area contributed by atoms with Gasteiger partial charge in [0.2, 0.25) is 5.91 Å². The molecule has 1 amide bonds. The minimum Gasteiger partial charge on any atom is -0.343 e. The van der Waals surface area contributed by atoms with E-state index in [1.807, 2.05) is 17.9 Å². The van der Waals surface area contributed by atoms with Gasteiger partial charge in [0, 0.05) is 25.9 Å². The van der Waals surface area contributed by atoms with E-state index in [0.29, 0.717) is 13.1 Å². The van der Waals surface area contributed by atoms with Gasteiger partial charge >= 0.3 is 0 Å². The lowest BCUT2D eigenvalue weighted by atomic mass is 9.91. The van der Waals surface area contributed by atoms with Crippen molar-refractivity contribution in [3.8, 4) is 0 Å². The number of nitrogens with zero attached hydrogens (tertiary/aromatic N) is 1. The third-order valence-corrected chi connectivity index (χ3v) is 5.56. The molecule has 1 fully saturated rings. The monoisotopic (exact) mass is 329 g/mol. The highest BCUT2D eigenvalue weighted by Gasteiger charge is 2.27. The van der Waals surface area contributed by atoms with Crippen molar-refractivity contribution in [3.05, 3.63) is 20.3 Å². The molecule has 0 radical (unpaired) electrons. The van der Waals surface area contributed by atoms with Crippen LogP contribution in [0.3, 0.4) is 0 Å². The normalized spacial score (nSPS) is 16.9. The highest BCUT2D eigenvalue weighted by atomic mass is 79.9. The van der Waals surface area contributed by atoms with E-state index in [4.69, 9.17) is 0 Å². The number of amides is 1. The summed E-state index contributed by atoms with van der Waals surface area (Å²) in [7, 11) is 0. The number of likely N-dealkylation sites (tertiary alicyclic amines) is 1. The molecule has 0 bridgehead atoms. The quantitative estimate of drug-likeness (QED) is 0.781. The van der Waals surface area contributed by atoms with Crippen LogP contribution in [0.25, 0.3) is 0 Å². The van der Waals surface area contributed by atoms with Crippen molar-refractivity contribution in [1.29, 1.82) is 0 Å². The third kappa shape index (κ3) is 2.83. The lowest BCUT2D eigenvalue weighted by Crippen LogP contribution is -2.38. The first-order valence-electron chi connectivity index (χ1n) is 6.04. The molecular weight excluding hydrogens is 314 g/mol. The van der Waals surface area contributed by atoms with E-state index in [9.17, 15) is 9.59 Å². The number of carbonyl (C=O) groups excluding carboxylic acids is 2. The predicted molar refractivity (Wildman–Crippen MR) is 76.1 cm³/mol. The van der Waals surface area contributed by atoms with Crippen LogP contribution in [0.4, 0.5) is 0 Å². The molecule has 5 heteroatoms. The number of carbonyl (C=O) groups is 2. The molecule has 3 nitrogen and oxygen atoms in total. The van der Waals surface area contributed by atoms with Crippen LogP contribution >= 0.6 is 27.3 Å². The topological polar surface area (TPSA) is 37.4 Å². The number of halogens is 1. The molecule has 2 heterocycles. The second-order valence-corrected chi connectivity index (χ2v) is 7.08. The zero-order chi connectivity index (χ0) is 13.3. The summed E-state index contributed by atoms with van der Waals surface area (Å²) in [6.07, 6.45) is 1.57. The van der Waals surface area contributed by atoms with Gasteiger partial charge in [-0.25, -0.2) is 0 Å². The Morgan fingerprint density at radius 2 is 2.00 bits per heavy atom. The molecule has 0 aromatic carbocycles. The summed E-state index contributed by atoms with van der Waals surface area (Å²) in [6, 6.07) is 1.95. The van der Waals surface area contributed by atoms with Gasteiger partial charge < -0.3 is 4.90 Å². The highest BCUT2D eigenvalue weighted by Crippen LogP contribution is 2.31. The Kier molecular flexibility index (Phi) is 4.22. The maximum absolute atomic E-state index is 12.3. The molecule has 1 saturated heterocycles. The van der Waals surface area contributed by atoms with Gasteiger partial charge in [0.1, 0.15) is 0 Å². The standard InChI is InChI=1S/C13H16BrNO2S/c1-8-7-11(18-13(8)14)12(17)10-3-5-15(6-4-10)9(2)16/h7,10H,3-6H2,1-2H3. The van der Waals surface area contributed by atoms with Gasteiger partial charge in [0.15, 0.2) is 5.78 Å². The Hall–Kier alpha value is -0.680. The molecule has 1 aromatic heterocycles. The van der Waals surface area contributed by atoms with Crippen LogP contribution < -0.4 is 0 Å². The largest absolute Gasteiger partial charge is 0.343 e. The maximum atomic E-state index is 12.3. The molecule has 0 atom stereocenters. The molecule has 0 N–H and O–H groups in total. The molecule has 1 aromatic rings. The van der Waals surface area contributed by atoms with Gasteiger partial charge in [-0.05, 0) is 47.3 Å². The van der Waals surface area contributed by atoms with Gasteiger partial charge in [-0.3, -0.25) is 9.59 Å². The molecule has 98 valence electrons. The van der Waals surface area contributed by atoms with E-state index in [1.54, 1.807) is 6.92 Å². The maximum Gasteiger partial charge on any atom is 0.219 e. The summed E-state index contributed by atoms with van der Waals surface area (Å²) in [5.74, 6) is 0.415. The molecule has 0 aliphatic carbocycles. The Morgan fingerprint density at radius 1 is 1.39 bits per heavy atom. The van der Waals surface area contributed by atoms with Gasteiger partial charge in [0.05, 0.1) is 8.66 Å². The fourth-order valence-corrected chi connectivity index (χ4v) is 3.79. The Balaban J connectivity index is 2.01. The fourth-order valence-electron chi connectivity index (χ4n) is 2.24. The molecule has 1 aliphatic heterocycles. The zero-order valence-electron chi connectivity index (χ0n) is 10.5. The second kappa shape index (κ2) is 5.53. The van der Waals surface area contributed by atoms with Crippen molar-refractivity contribution in [2.45, 2.75) is 26.7 Å². The molecule has 1 aliphatic rings. The number of Topliss-reactive ketones (excluding diaryl/α,β-unsaturated/α-hetero) is 1. The van der Waals surface area contributed by atoms with Crippen LogP contribution in [-0.4, -0.2) is 29.7 Å².